The molecule has 104 valence electrons. The second-order valence-electron chi connectivity index (χ2n) is 4.98. The molecule has 0 bridgehead atoms. The molecule has 1 aliphatic heterocycles. The van der Waals surface area contributed by atoms with E-state index in [1.165, 1.54) is 5.56 Å². The Bertz CT molecular complexity index is 533. The van der Waals surface area contributed by atoms with Crippen LogP contribution in [0.1, 0.15) is 23.7 Å². The van der Waals surface area contributed by atoms with E-state index in [2.05, 4.69) is 17.1 Å². The SMILES string of the molecule is OC[C@H]1C[C@@H](c2ccccn2)N(Cc2ccccc2)O1. The summed E-state index contributed by atoms with van der Waals surface area (Å²) in [4.78, 5) is 10.2. The van der Waals surface area contributed by atoms with Gasteiger partial charge in [0.1, 0.15) is 6.10 Å². The van der Waals surface area contributed by atoms with Gasteiger partial charge >= 0.3 is 0 Å². The van der Waals surface area contributed by atoms with Gasteiger partial charge in [0.15, 0.2) is 0 Å². The molecular formula is C16H18N2O2. The van der Waals surface area contributed by atoms with Crippen molar-refractivity contribution in [2.75, 3.05) is 6.61 Å². The van der Waals surface area contributed by atoms with Crippen molar-refractivity contribution < 1.29 is 9.94 Å². The van der Waals surface area contributed by atoms with Crippen LogP contribution in [0.15, 0.2) is 54.7 Å². The number of nitrogens with zero attached hydrogens (tertiary/aromatic N) is 2. The van der Waals surface area contributed by atoms with Crippen LogP contribution in [-0.4, -0.2) is 27.9 Å². The van der Waals surface area contributed by atoms with Gasteiger partial charge < -0.3 is 5.11 Å². The van der Waals surface area contributed by atoms with Crippen LogP contribution in [-0.2, 0) is 11.4 Å². The number of benzene rings is 1. The number of aliphatic hydroxyl groups is 1. The lowest BCUT2D eigenvalue weighted by Crippen LogP contribution is -2.23. The summed E-state index contributed by atoms with van der Waals surface area (Å²) >= 11 is 0. The van der Waals surface area contributed by atoms with E-state index in [9.17, 15) is 5.11 Å². The maximum atomic E-state index is 9.34. The minimum Gasteiger partial charge on any atom is -0.394 e. The summed E-state index contributed by atoms with van der Waals surface area (Å²) < 4.78 is 0. The van der Waals surface area contributed by atoms with E-state index >= 15 is 0 Å². The van der Waals surface area contributed by atoms with Crippen LogP contribution in [0.25, 0.3) is 0 Å². The topological polar surface area (TPSA) is 45.6 Å². The first-order valence-electron chi connectivity index (χ1n) is 6.86. The highest BCUT2D eigenvalue weighted by atomic mass is 16.7. The van der Waals surface area contributed by atoms with Crippen molar-refractivity contribution in [1.82, 2.24) is 10.0 Å². The van der Waals surface area contributed by atoms with Crippen LogP contribution in [0.3, 0.4) is 0 Å². The number of hydrogen-bond acceptors (Lipinski definition) is 4. The molecule has 1 aromatic carbocycles. The van der Waals surface area contributed by atoms with Gasteiger partial charge in [-0.25, -0.2) is 0 Å². The fourth-order valence-electron chi connectivity index (χ4n) is 2.53. The van der Waals surface area contributed by atoms with Gasteiger partial charge in [0.05, 0.1) is 18.3 Å². The molecule has 2 heterocycles. The van der Waals surface area contributed by atoms with Crippen molar-refractivity contribution in [3.63, 3.8) is 0 Å². The Morgan fingerprint density at radius 2 is 1.95 bits per heavy atom. The lowest BCUT2D eigenvalue weighted by Gasteiger charge is -2.22. The van der Waals surface area contributed by atoms with Crippen LogP contribution >= 0.6 is 0 Å². The van der Waals surface area contributed by atoms with Crippen molar-refractivity contribution in [3.8, 4) is 0 Å². The first kappa shape index (κ1) is 13.2. The minimum atomic E-state index is -0.147. The van der Waals surface area contributed by atoms with Crippen LogP contribution in [0.5, 0.6) is 0 Å². The quantitative estimate of drug-likeness (QED) is 0.926. The molecule has 4 nitrogen and oxygen atoms in total. The summed E-state index contributed by atoms with van der Waals surface area (Å²) in [6.45, 7) is 0.729. The van der Waals surface area contributed by atoms with Gasteiger partial charge in [-0.15, -0.1) is 0 Å². The predicted octanol–water partition coefficient (Wildman–Crippen LogP) is 2.32. The zero-order chi connectivity index (χ0) is 13.8. The fourth-order valence-corrected chi connectivity index (χ4v) is 2.53. The van der Waals surface area contributed by atoms with Gasteiger partial charge in [-0.05, 0) is 17.7 Å². The fraction of sp³-hybridized carbons (Fsp3) is 0.312. The monoisotopic (exact) mass is 270 g/mol. The molecule has 1 aliphatic rings. The summed E-state index contributed by atoms with van der Waals surface area (Å²) in [5.74, 6) is 0. The van der Waals surface area contributed by atoms with Crippen LogP contribution in [0, 0.1) is 0 Å². The molecule has 1 N–H and O–H groups in total. The Kier molecular flexibility index (Phi) is 4.06. The number of hydrogen-bond donors (Lipinski definition) is 1. The van der Waals surface area contributed by atoms with Crippen molar-refractivity contribution >= 4 is 0 Å². The summed E-state index contributed by atoms with van der Waals surface area (Å²) in [5.41, 5.74) is 2.17. The molecule has 0 saturated carbocycles. The Balaban J connectivity index is 1.80. The summed E-state index contributed by atoms with van der Waals surface area (Å²) in [6, 6.07) is 16.2. The van der Waals surface area contributed by atoms with Crippen LogP contribution in [0.4, 0.5) is 0 Å². The third-order valence-electron chi connectivity index (χ3n) is 3.53. The molecule has 0 aliphatic carbocycles. The third kappa shape index (κ3) is 2.88. The number of aliphatic hydroxyl groups excluding tert-OH is 1. The minimum absolute atomic E-state index is 0.0363. The first-order valence-corrected chi connectivity index (χ1v) is 6.86. The molecule has 20 heavy (non-hydrogen) atoms. The maximum Gasteiger partial charge on any atom is 0.104 e. The zero-order valence-electron chi connectivity index (χ0n) is 11.2. The molecule has 0 amide bonds. The van der Waals surface area contributed by atoms with Crippen LogP contribution in [0.2, 0.25) is 0 Å². The second kappa shape index (κ2) is 6.13. The van der Waals surface area contributed by atoms with E-state index < -0.39 is 0 Å². The van der Waals surface area contributed by atoms with Gasteiger partial charge in [0.2, 0.25) is 0 Å². The Morgan fingerprint density at radius 3 is 2.65 bits per heavy atom. The standard InChI is InChI=1S/C16H18N2O2/c19-12-14-10-16(15-8-4-5-9-17-15)18(20-14)11-13-6-2-1-3-7-13/h1-9,14,16,19H,10-12H2/t14-,16+/m1/s1. The predicted molar refractivity (Wildman–Crippen MR) is 75.5 cm³/mol. The van der Waals surface area contributed by atoms with E-state index in [0.29, 0.717) is 6.54 Å². The maximum absolute atomic E-state index is 9.34. The van der Waals surface area contributed by atoms with E-state index in [-0.39, 0.29) is 18.8 Å². The summed E-state index contributed by atoms with van der Waals surface area (Å²) in [6.07, 6.45) is 2.41. The molecule has 3 rings (SSSR count). The number of aromatic nitrogens is 1. The lowest BCUT2D eigenvalue weighted by molar-refractivity contribution is -0.178. The van der Waals surface area contributed by atoms with Crippen LogP contribution < -0.4 is 0 Å². The Labute approximate surface area is 118 Å². The third-order valence-corrected chi connectivity index (χ3v) is 3.53. The largest absolute Gasteiger partial charge is 0.394 e. The number of rotatable bonds is 4. The summed E-state index contributed by atoms with van der Waals surface area (Å²) in [5, 5.41) is 11.3. The average Bonchev–Trinajstić information content (AvgIpc) is 2.92. The molecule has 0 spiro atoms. The normalized spacial score (nSPS) is 23.1. The molecule has 1 fully saturated rings. The van der Waals surface area contributed by atoms with Crippen molar-refractivity contribution in [1.29, 1.82) is 0 Å². The molecule has 1 saturated heterocycles. The highest BCUT2D eigenvalue weighted by Gasteiger charge is 2.34. The van der Waals surface area contributed by atoms with E-state index in [4.69, 9.17) is 4.84 Å². The molecular weight excluding hydrogens is 252 g/mol. The van der Waals surface area contributed by atoms with Gasteiger partial charge in [-0.2, -0.15) is 5.06 Å². The molecule has 2 atom stereocenters. The van der Waals surface area contributed by atoms with Crippen molar-refractivity contribution in [2.45, 2.75) is 25.1 Å². The van der Waals surface area contributed by atoms with E-state index in [0.717, 1.165) is 12.1 Å². The lowest BCUT2D eigenvalue weighted by atomic mass is 10.1. The molecule has 1 aromatic heterocycles. The average molecular weight is 270 g/mol. The Hall–Kier alpha value is -1.75. The molecule has 4 heteroatoms. The summed E-state index contributed by atoms with van der Waals surface area (Å²) in [7, 11) is 0. The highest BCUT2D eigenvalue weighted by Crippen LogP contribution is 2.34. The van der Waals surface area contributed by atoms with E-state index in [1.54, 1.807) is 6.20 Å². The van der Waals surface area contributed by atoms with Crippen molar-refractivity contribution in [3.05, 3.63) is 66.0 Å². The van der Waals surface area contributed by atoms with Gasteiger partial charge in [0.25, 0.3) is 0 Å². The zero-order valence-corrected chi connectivity index (χ0v) is 11.2. The second-order valence-corrected chi connectivity index (χ2v) is 4.98. The van der Waals surface area contributed by atoms with Gasteiger partial charge in [0, 0.05) is 19.2 Å². The molecule has 0 unspecified atom stereocenters. The van der Waals surface area contributed by atoms with Crippen molar-refractivity contribution in [2.24, 2.45) is 0 Å². The highest BCUT2D eigenvalue weighted by molar-refractivity contribution is 5.16. The van der Waals surface area contributed by atoms with Gasteiger partial charge in [-0.3, -0.25) is 9.82 Å². The number of pyridine rings is 1. The Morgan fingerprint density at radius 1 is 1.15 bits per heavy atom. The molecule has 2 aromatic rings. The van der Waals surface area contributed by atoms with E-state index in [1.807, 2.05) is 41.5 Å². The molecule has 0 radical (unpaired) electrons. The smallest absolute Gasteiger partial charge is 0.104 e. The first-order chi connectivity index (χ1) is 9.86. The number of hydroxylamine groups is 2. The van der Waals surface area contributed by atoms with Gasteiger partial charge in [-0.1, -0.05) is 36.4 Å².